The van der Waals surface area contributed by atoms with Gasteiger partial charge in [0.2, 0.25) is 5.91 Å². The molecule has 1 amide bonds. The maximum Gasteiger partial charge on any atom is 0.246 e. The zero-order valence-corrected chi connectivity index (χ0v) is 6.31. The Bertz CT molecular complexity index is 161. The van der Waals surface area contributed by atoms with E-state index in [-0.39, 0.29) is 5.91 Å². The van der Waals surface area contributed by atoms with Crippen LogP contribution in [0.25, 0.3) is 0 Å². The Kier molecular flexibility index (Phi) is 2.49. The van der Waals surface area contributed by atoms with Crippen LogP contribution in [0.15, 0.2) is 11.6 Å². The second-order valence-corrected chi connectivity index (χ2v) is 2.53. The van der Waals surface area contributed by atoms with E-state index < -0.39 is 0 Å². The number of carbonyl (C=O) groups is 1. The lowest BCUT2D eigenvalue weighted by Crippen LogP contribution is -2.23. The molecule has 0 unspecified atom stereocenters. The number of hydrogen-bond acceptors (Lipinski definition) is 1. The summed E-state index contributed by atoms with van der Waals surface area (Å²) < 4.78 is 0. The minimum Gasteiger partial charge on any atom is -0.352 e. The van der Waals surface area contributed by atoms with Crippen LogP contribution in [0, 0.1) is 0 Å². The highest BCUT2D eigenvalue weighted by molar-refractivity contribution is 5.93. The van der Waals surface area contributed by atoms with Crippen LogP contribution in [0.4, 0.5) is 0 Å². The van der Waals surface area contributed by atoms with E-state index in [0.29, 0.717) is 0 Å². The average molecular weight is 139 g/mol. The molecule has 0 radical (unpaired) electrons. The number of nitrogens with one attached hydrogen (secondary N) is 1. The van der Waals surface area contributed by atoms with Gasteiger partial charge in [0.05, 0.1) is 0 Å². The van der Waals surface area contributed by atoms with E-state index in [1.807, 2.05) is 13.0 Å². The summed E-state index contributed by atoms with van der Waals surface area (Å²) in [6.45, 7) is 2.76. The van der Waals surface area contributed by atoms with Crippen LogP contribution in [0.3, 0.4) is 0 Å². The third-order valence-corrected chi connectivity index (χ3v) is 1.80. The molecule has 0 aromatic heterocycles. The second kappa shape index (κ2) is 3.40. The van der Waals surface area contributed by atoms with Crippen molar-refractivity contribution in [2.45, 2.75) is 26.2 Å². The van der Waals surface area contributed by atoms with Crippen molar-refractivity contribution in [2.24, 2.45) is 0 Å². The maximum absolute atomic E-state index is 11.1. The zero-order valence-electron chi connectivity index (χ0n) is 6.31. The lowest BCUT2D eigenvalue weighted by atomic mass is 10.1. The summed E-state index contributed by atoms with van der Waals surface area (Å²) in [4.78, 5) is 11.1. The first-order valence-corrected chi connectivity index (χ1v) is 3.78. The van der Waals surface area contributed by atoms with Gasteiger partial charge in [0.25, 0.3) is 0 Å². The molecule has 2 heteroatoms. The van der Waals surface area contributed by atoms with Gasteiger partial charge in [0.15, 0.2) is 0 Å². The first-order chi connectivity index (χ1) is 4.84. The van der Waals surface area contributed by atoms with E-state index in [4.69, 9.17) is 0 Å². The van der Waals surface area contributed by atoms with E-state index in [1.54, 1.807) is 0 Å². The van der Waals surface area contributed by atoms with Crippen LogP contribution in [-0.4, -0.2) is 12.5 Å². The summed E-state index contributed by atoms with van der Waals surface area (Å²) in [6.07, 6.45) is 5.10. The van der Waals surface area contributed by atoms with Gasteiger partial charge < -0.3 is 5.32 Å². The van der Waals surface area contributed by atoms with Gasteiger partial charge in [-0.3, -0.25) is 4.79 Å². The van der Waals surface area contributed by atoms with E-state index in [2.05, 4.69) is 5.32 Å². The van der Waals surface area contributed by atoms with Crippen molar-refractivity contribution in [3.05, 3.63) is 11.6 Å². The molecule has 0 saturated carbocycles. The third-order valence-electron chi connectivity index (χ3n) is 1.80. The molecule has 0 atom stereocenters. The summed E-state index contributed by atoms with van der Waals surface area (Å²) in [6, 6.07) is 0. The highest BCUT2D eigenvalue weighted by Gasteiger charge is 2.10. The van der Waals surface area contributed by atoms with Gasteiger partial charge in [-0.25, -0.2) is 0 Å². The highest BCUT2D eigenvalue weighted by atomic mass is 16.1. The summed E-state index contributed by atoms with van der Waals surface area (Å²) in [5.41, 5.74) is 0.942. The fraction of sp³-hybridized carbons (Fsp3) is 0.625. The normalized spacial score (nSPS) is 24.1. The van der Waals surface area contributed by atoms with Crippen molar-refractivity contribution in [1.82, 2.24) is 5.32 Å². The van der Waals surface area contributed by atoms with E-state index in [9.17, 15) is 4.79 Å². The molecule has 0 aromatic rings. The molecular formula is C8H13NO. The first kappa shape index (κ1) is 7.32. The Labute approximate surface area is 61.3 Å². The minimum atomic E-state index is 0.125. The zero-order chi connectivity index (χ0) is 7.40. The van der Waals surface area contributed by atoms with Crippen LogP contribution in [0.1, 0.15) is 26.2 Å². The predicted molar refractivity (Wildman–Crippen MR) is 40.6 cm³/mol. The van der Waals surface area contributed by atoms with Crippen LogP contribution in [0.2, 0.25) is 0 Å². The van der Waals surface area contributed by atoms with Crippen molar-refractivity contribution >= 4 is 5.91 Å². The number of rotatable bonds is 0. The predicted octanol–water partition coefficient (Wildman–Crippen LogP) is 1.23. The van der Waals surface area contributed by atoms with E-state index in [0.717, 1.165) is 31.4 Å². The fourth-order valence-electron chi connectivity index (χ4n) is 1.14. The molecule has 0 bridgehead atoms. The van der Waals surface area contributed by atoms with Crippen molar-refractivity contribution in [3.8, 4) is 0 Å². The Balaban J connectivity index is 2.61. The van der Waals surface area contributed by atoms with Gasteiger partial charge in [-0.15, -0.1) is 0 Å². The summed E-state index contributed by atoms with van der Waals surface area (Å²) in [5, 5.41) is 2.84. The molecule has 10 heavy (non-hydrogen) atoms. The van der Waals surface area contributed by atoms with Crippen molar-refractivity contribution < 1.29 is 4.79 Å². The number of hydrogen-bond donors (Lipinski definition) is 1. The Morgan fingerprint density at radius 1 is 1.50 bits per heavy atom. The smallest absolute Gasteiger partial charge is 0.246 e. The van der Waals surface area contributed by atoms with Crippen molar-refractivity contribution in [1.29, 1.82) is 0 Å². The summed E-state index contributed by atoms with van der Waals surface area (Å²) in [5.74, 6) is 0.125. The molecular weight excluding hydrogens is 126 g/mol. The van der Waals surface area contributed by atoms with Gasteiger partial charge in [0.1, 0.15) is 0 Å². The quantitative estimate of drug-likeness (QED) is 0.502. The van der Waals surface area contributed by atoms with E-state index >= 15 is 0 Å². The van der Waals surface area contributed by atoms with Crippen LogP contribution in [0.5, 0.6) is 0 Å². The molecule has 0 spiro atoms. The summed E-state index contributed by atoms with van der Waals surface area (Å²) in [7, 11) is 0. The standard InChI is InChI=1S/C8H13NO/c1-2-7-5-3-4-6-9-8(7)10/h2H,3-6H2,1H3,(H,9,10)/b7-2-. The van der Waals surface area contributed by atoms with E-state index in [1.165, 1.54) is 0 Å². The minimum absolute atomic E-state index is 0.125. The highest BCUT2D eigenvalue weighted by Crippen LogP contribution is 2.10. The van der Waals surface area contributed by atoms with Gasteiger partial charge in [-0.05, 0) is 26.2 Å². The number of amides is 1. The second-order valence-electron chi connectivity index (χ2n) is 2.53. The molecule has 1 heterocycles. The van der Waals surface area contributed by atoms with Crippen LogP contribution >= 0.6 is 0 Å². The molecule has 1 fully saturated rings. The Morgan fingerprint density at radius 3 is 3.00 bits per heavy atom. The summed E-state index contributed by atoms with van der Waals surface area (Å²) >= 11 is 0. The maximum atomic E-state index is 11.1. The van der Waals surface area contributed by atoms with Crippen LogP contribution in [-0.2, 0) is 4.79 Å². The molecule has 1 saturated heterocycles. The Morgan fingerprint density at radius 2 is 2.30 bits per heavy atom. The molecule has 0 aliphatic carbocycles. The lowest BCUT2D eigenvalue weighted by molar-refractivity contribution is -0.117. The Hall–Kier alpha value is -0.790. The third kappa shape index (κ3) is 1.59. The molecule has 2 nitrogen and oxygen atoms in total. The largest absolute Gasteiger partial charge is 0.352 e. The van der Waals surface area contributed by atoms with Gasteiger partial charge >= 0.3 is 0 Å². The molecule has 1 aliphatic heterocycles. The first-order valence-electron chi connectivity index (χ1n) is 3.78. The van der Waals surface area contributed by atoms with Crippen molar-refractivity contribution in [2.75, 3.05) is 6.54 Å². The van der Waals surface area contributed by atoms with Gasteiger partial charge in [-0.1, -0.05) is 6.08 Å². The number of carbonyl (C=O) groups excluding carboxylic acids is 1. The monoisotopic (exact) mass is 139 g/mol. The number of allylic oxidation sites excluding steroid dienone is 1. The molecule has 0 aromatic carbocycles. The molecule has 1 aliphatic rings. The lowest BCUT2D eigenvalue weighted by Gasteiger charge is -1.99. The SMILES string of the molecule is C/C=C1/CCCCNC1=O. The topological polar surface area (TPSA) is 29.1 Å². The fourth-order valence-corrected chi connectivity index (χ4v) is 1.14. The molecule has 56 valence electrons. The average Bonchev–Trinajstić information content (AvgIpc) is 2.13. The molecule has 1 rings (SSSR count). The van der Waals surface area contributed by atoms with Gasteiger partial charge in [0, 0.05) is 12.1 Å². The molecule has 1 N–H and O–H groups in total. The van der Waals surface area contributed by atoms with Crippen LogP contribution < -0.4 is 5.32 Å². The van der Waals surface area contributed by atoms with Gasteiger partial charge in [-0.2, -0.15) is 0 Å². The van der Waals surface area contributed by atoms with Crippen molar-refractivity contribution in [3.63, 3.8) is 0 Å².